The highest BCUT2D eigenvalue weighted by Gasteiger charge is 2.61. The van der Waals surface area contributed by atoms with Gasteiger partial charge in [-0.2, -0.15) is 8.78 Å². The average molecular weight is 382 g/mol. The molecular formula is C19H20F2O6. The molecule has 8 heteroatoms. The molecule has 0 saturated heterocycles. The molecule has 0 spiro atoms. The van der Waals surface area contributed by atoms with E-state index in [9.17, 15) is 28.9 Å². The van der Waals surface area contributed by atoms with Crippen LogP contribution < -0.4 is 0 Å². The van der Waals surface area contributed by atoms with Crippen molar-refractivity contribution in [2.45, 2.75) is 37.3 Å². The Morgan fingerprint density at radius 2 is 1.41 bits per heavy atom. The van der Waals surface area contributed by atoms with Crippen LogP contribution >= 0.6 is 0 Å². The second-order valence-electron chi connectivity index (χ2n) is 5.84. The molecule has 2 rings (SSSR count). The minimum absolute atomic E-state index is 0.222. The minimum Gasteiger partial charge on any atom is -0.382 e. The second-order valence-corrected chi connectivity index (χ2v) is 5.84. The number of halogens is 2. The monoisotopic (exact) mass is 382 g/mol. The Balaban J connectivity index is 2.12. The highest BCUT2D eigenvalue weighted by atomic mass is 19.3. The summed E-state index contributed by atoms with van der Waals surface area (Å²) < 4.78 is 37.8. The van der Waals surface area contributed by atoms with E-state index in [0.29, 0.717) is 11.1 Å². The first-order chi connectivity index (χ1) is 12.8. The van der Waals surface area contributed by atoms with Crippen LogP contribution in [-0.2, 0) is 27.5 Å². The van der Waals surface area contributed by atoms with Crippen LogP contribution in [0.3, 0.4) is 0 Å². The maximum Gasteiger partial charge on any atom is 0.357 e. The molecule has 6 nitrogen and oxygen atoms in total. The molecule has 0 bridgehead atoms. The molecule has 0 fully saturated rings. The van der Waals surface area contributed by atoms with Gasteiger partial charge in [0.1, 0.15) is 0 Å². The lowest BCUT2D eigenvalue weighted by atomic mass is 10.0. The molecule has 2 aromatic carbocycles. The summed E-state index contributed by atoms with van der Waals surface area (Å²) in [7, 11) is 0. The highest BCUT2D eigenvalue weighted by Crippen LogP contribution is 2.34. The summed E-state index contributed by atoms with van der Waals surface area (Å²) in [4.78, 5) is 10.8. The Morgan fingerprint density at radius 1 is 0.926 bits per heavy atom. The van der Waals surface area contributed by atoms with Gasteiger partial charge in [-0.3, -0.25) is 4.79 Å². The number of alkyl halides is 2. The van der Waals surface area contributed by atoms with Gasteiger partial charge >= 0.3 is 5.92 Å². The lowest BCUT2D eigenvalue weighted by Gasteiger charge is -2.37. The topological polar surface area (TPSA) is 96.2 Å². The quantitative estimate of drug-likeness (QED) is 0.427. The lowest BCUT2D eigenvalue weighted by Crippen LogP contribution is -2.63. The van der Waals surface area contributed by atoms with E-state index in [0.717, 1.165) is 0 Å². The molecule has 0 heterocycles. The van der Waals surface area contributed by atoms with Crippen LogP contribution in [0.4, 0.5) is 8.78 Å². The fourth-order valence-corrected chi connectivity index (χ4v) is 2.27. The van der Waals surface area contributed by atoms with Crippen molar-refractivity contribution in [2.75, 3.05) is 0 Å². The Kier molecular flexibility index (Phi) is 7.11. The van der Waals surface area contributed by atoms with E-state index in [1.54, 1.807) is 48.5 Å². The molecule has 0 amide bonds. The first-order valence-corrected chi connectivity index (χ1v) is 8.06. The summed E-state index contributed by atoms with van der Waals surface area (Å²) in [5.41, 5.74) is 1.00. The average Bonchev–Trinajstić information content (AvgIpc) is 2.71. The third kappa shape index (κ3) is 5.15. The van der Waals surface area contributed by atoms with Gasteiger partial charge in [0.25, 0.3) is 5.79 Å². The smallest absolute Gasteiger partial charge is 0.357 e. The van der Waals surface area contributed by atoms with Crippen molar-refractivity contribution >= 4 is 6.29 Å². The predicted octanol–water partition coefficient (Wildman–Crippen LogP) is 1.62. The highest BCUT2D eigenvalue weighted by molar-refractivity contribution is 5.62. The zero-order valence-corrected chi connectivity index (χ0v) is 14.2. The summed E-state index contributed by atoms with van der Waals surface area (Å²) in [5.74, 6) is -8.20. The van der Waals surface area contributed by atoms with Crippen molar-refractivity contribution in [1.82, 2.24) is 0 Å². The number of hydrogen-bond donors (Lipinski definition) is 3. The van der Waals surface area contributed by atoms with Gasteiger partial charge in [-0.25, -0.2) is 0 Å². The summed E-state index contributed by atoms with van der Waals surface area (Å²) in [5, 5.41) is 30.2. The molecule has 27 heavy (non-hydrogen) atoms. The van der Waals surface area contributed by atoms with E-state index in [4.69, 9.17) is 9.47 Å². The van der Waals surface area contributed by atoms with Gasteiger partial charge in [-0.15, -0.1) is 0 Å². The number of rotatable bonds is 10. The van der Waals surface area contributed by atoms with Gasteiger partial charge in [0.05, 0.1) is 13.2 Å². The number of benzene rings is 2. The van der Waals surface area contributed by atoms with E-state index in [1.807, 2.05) is 0 Å². The fraction of sp³-hybridized carbons (Fsp3) is 0.316. The van der Waals surface area contributed by atoms with Crippen molar-refractivity contribution in [3.63, 3.8) is 0 Å². The first kappa shape index (κ1) is 21.1. The molecule has 0 aliphatic heterocycles. The molecule has 0 aromatic heterocycles. The van der Waals surface area contributed by atoms with Crippen LogP contribution in [0.25, 0.3) is 0 Å². The molecule has 146 valence electrons. The minimum atomic E-state index is -4.50. The molecule has 1 unspecified atom stereocenters. The van der Waals surface area contributed by atoms with Crippen molar-refractivity contribution in [2.24, 2.45) is 0 Å². The number of carbonyl (C=O) groups excluding carboxylic acids is 1. The number of aliphatic hydroxyl groups excluding tert-OH is 2. The second kappa shape index (κ2) is 9.12. The van der Waals surface area contributed by atoms with Crippen LogP contribution in [0.15, 0.2) is 60.7 Å². The van der Waals surface area contributed by atoms with Crippen LogP contribution in [0.2, 0.25) is 0 Å². The van der Waals surface area contributed by atoms with Gasteiger partial charge < -0.3 is 24.8 Å². The maximum absolute atomic E-state index is 14.0. The van der Waals surface area contributed by atoms with Gasteiger partial charge in [-0.1, -0.05) is 60.7 Å². The van der Waals surface area contributed by atoms with Crippen LogP contribution in [0.5, 0.6) is 0 Å². The summed E-state index contributed by atoms with van der Waals surface area (Å²) in [6.45, 7) is -0.760. The zero-order chi connectivity index (χ0) is 19.9. The van der Waals surface area contributed by atoms with E-state index < -0.39 is 37.0 Å². The standard InChI is InChI=1S/C19H20F2O6/c20-18(21,13-22)19(25,27-12-15-9-5-2-6-10-15)16(23)17(24)26-11-14-7-3-1-4-8-14/h1-10,13,16-17,23-25H,11-12H2/t16-,17?,19+/m1/s1. The number of aldehydes is 1. The fourth-order valence-electron chi connectivity index (χ4n) is 2.27. The Labute approximate surface area is 154 Å². The van der Waals surface area contributed by atoms with Crippen LogP contribution in [0, 0.1) is 0 Å². The normalized spacial score (nSPS) is 16.3. The van der Waals surface area contributed by atoms with Crippen LogP contribution in [0.1, 0.15) is 11.1 Å². The van der Waals surface area contributed by atoms with Crippen molar-refractivity contribution in [1.29, 1.82) is 0 Å². The van der Waals surface area contributed by atoms with Crippen LogP contribution in [-0.4, -0.2) is 45.7 Å². The van der Waals surface area contributed by atoms with Crippen molar-refractivity contribution < 1.29 is 38.4 Å². The molecule has 0 aliphatic carbocycles. The first-order valence-electron chi connectivity index (χ1n) is 8.06. The molecular weight excluding hydrogens is 362 g/mol. The van der Waals surface area contributed by atoms with E-state index in [1.165, 1.54) is 12.1 Å². The Hall–Kier alpha value is -2.23. The SMILES string of the molecule is O=CC(F)(F)[C@@](O)(OCc1ccccc1)[C@H](O)C(O)OCc1ccccc1. The van der Waals surface area contributed by atoms with Gasteiger partial charge in [0.2, 0.25) is 0 Å². The molecule has 0 radical (unpaired) electrons. The summed E-state index contributed by atoms with van der Waals surface area (Å²) >= 11 is 0. The van der Waals surface area contributed by atoms with E-state index in [2.05, 4.69) is 0 Å². The molecule has 0 aliphatic rings. The molecule has 3 N–H and O–H groups in total. The summed E-state index contributed by atoms with van der Waals surface area (Å²) in [6.07, 6.45) is -5.72. The van der Waals surface area contributed by atoms with Gasteiger partial charge in [0.15, 0.2) is 18.7 Å². The molecule has 0 saturated carbocycles. The number of carbonyl (C=O) groups is 1. The number of ether oxygens (including phenoxy) is 2. The summed E-state index contributed by atoms with van der Waals surface area (Å²) in [6, 6.07) is 16.4. The molecule has 2 aromatic rings. The van der Waals surface area contributed by atoms with Crippen molar-refractivity contribution in [3.8, 4) is 0 Å². The maximum atomic E-state index is 14.0. The Bertz CT molecular complexity index is 713. The third-order valence-corrected chi connectivity index (χ3v) is 3.86. The van der Waals surface area contributed by atoms with Gasteiger partial charge in [-0.05, 0) is 11.1 Å². The van der Waals surface area contributed by atoms with E-state index >= 15 is 0 Å². The van der Waals surface area contributed by atoms with Gasteiger partial charge in [0, 0.05) is 0 Å². The zero-order valence-electron chi connectivity index (χ0n) is 14.2. The lowest BCUT2D eigenvalue weighted by molar-refractivity contribution is -0.370. The Morgan fingerprint density at radius 3 is 1.89 bits per heavy atom. The predicted molar refractivity (Wildman–Crippen MR) is 90.4 cm³/mol. The van der Waals surface area contributed by atoms with E-state index in [-0.39, 0.29) is 6.61 Å². The number of aliphatic hydroxyl groups is 3. The third-order valence-electron chi connectivity index (χ3n) is 3.86. The largest absolute Gasteiger partial charge is 0.382 e. The van der Waals surface area contributed by atoms with Crippen molar-refractivity contribution in [3.05, 3.63) is 71.8 Å². The molecule has 3 atom stereocenters. The number of hydrogen-bond acceptors (Lipinski definition) is 6.